The second-order valence-corrected chi connectivity index (χ2v) is 5.80. The first kappa shape index (κ1) is 17.1. The molecule has 1 aromatic heterocycles. The number of amides is 1. The third-order valence-electron chi connectivity index (χ3n) is 3.61. The summed E-state index contributed by atoms with van der Waals surface area (Å²) in [6.45, 7) is 2.30. The largest absolute Gasteiger partial charge is 0.442 e. The van der Waals surface area contributed by atoms with Crippen molar-refractivity contribution >= 4 is 29.1 Å². The Morgan fingerprint density at radius 2 is 2.32 bits per heavy atom. The number of nitrogens with zero attached hydrogens (tertiary/aromatic N) is 3. The van der Waals surface area contributed by atoms with Gasteiger partial charge in [-0.25, -0.2) is 9.18 Å². The lowest BCUT2D eigenvalue weighted by atomic mass is 10.1. The Kier molecular flexibility index (Phi) is 4.79. The second-order valence-electron chi connectivity index (χ2n) is 5.39. The summed E-state index contributed by atoms with van der Waals surface area (Å²) in [5.41, 5.74) is 0.565. The van der Waals surface area contributed by atoms with Gasteiger partial charge in [-0.2, -0.15) is 4.98 Å². The van der Waals surface area contributed by atoms with Crippen molar-refractivity contribution in [1.82, 2.24) is 20.8 Å². The van der Waals surface area contributed by atoms with Gasteiger partial charge in [-0.05, 0) is 37.3 Å². The molecule has 1 aromatic carbocycles. The maximum Gasteiger partial charge on any atom is 0.414 e. The quantitative estimate of drug-likeness (QED) is 0.790. The first-order chi connectivity index (χ1) is 12.0. The predicted molar refractivity (Wildman–Crippen MR) is 91.7 cm³/mol. The lowest BCUT2D eigenvalue weighted by Gasteiger charge is -2.14. The van der Waals surface area contributed by atoms with Crippen LogP contribution in [-0.4, -0.2) is 47.6 Å². The number of cyclic esters (lactones) is 1. The summed E-state index contributed by atoms with van der Waals surface area (Å²) in [6.07, 6.45) is -0.928. The highest BCUT2D eigenvalue weighted by Crippen LogP contribution is 2.28. The van der Waals surface area contributed by atoms with Gasteiger partial charge in [-0.1, -0.05) is 5.16 Å². The highest BCUT2D eigenvalue weighted by atomic mass is 32.1. The Morgan fingerprint density at radius 1 is 1.52 bits per heavy atom. The van der Waals surface area contributed by atoms with E-state index < -0.39 is 11.9 Å². The molecule has 3 rings (SSSR count). The van der Waals surface area contributed by atoms with Crippen molar-refractivity contribution in [3.8, 4) is 11.5 Å². The van der Waals surface area contributed by atoms with E-state index >= 15 is 0 Å². The van der Waals surface area contributed by atoms with Crippen molar-refractivity contribution in [1.29, 1.82) is 0 Å². The minimum absolute atomic E-state index is 0.0909. The Bertz CT molecular complexity index is 812. The number of hydrogen-bond acceptors (Lipinski definition) is 6. The molecule has 0 saturated carbocycles. The van der Waals surface area contributed by atoms with E-state index in [4.69, 9.17) is 21.5 Å². The molecule has 8 nitrogen and oxygen atoms in total. The predicted octanol–water partition coefficient (Wildman–Crippen LogP) is 1.60. The van der Waals surface area contributed by atoms with Crippen LogP contribution in [0, 0.1) is 12.7 Å². The van der Waals surface area contributed by atoms with E-state index in [0.717, 1.165) is 0 Å². The SMILES string of the molecule is CNC(=S)NCC1CN(c2ccc(-c3nc(C)no3)c(F)c2)C(=O)O1. The highest BCUT2D eigenvalue weighted by molar-refractivity contribution is 7.80. The first-order valence-electron chi connectivity index (χ1n) is 7.52. The maximum atomic E-state index is 14.4. The lowest BCUT2D eigenvalue weighted by Crippen LogP contribution is -2.39. The van der Waals surface area contributed by atoms with Crippen molar-refractivity contribution < 1.29 is 18.4 Å². The molecule has 1 unspecified atom stereocenters. The molecule has 1 fully saturated rings. The molecule has 0 spiro atoms. The van der Waals surface area contributed by atoms with Crippen LogP contribution in [0.25, 0.3) is 11.5 Å². The van der Waals surface area contributed by atoms with Crippen molar-refractivity contribution in [2.75, 3.05) is 25.0 Å². The van der Waals surface area contributed by atoms with E-state index in [2.05, 4.69) is 20.8 Å². The molecule has 1 aliphatic heterocycles. The lowest BCUT2D eigenvalue weighted by molar-refractivity contribution is 0.143. The molecular formula is C15H16FN5O3S. The molecule has 1 saturated heterocycles. The molecule has 1 aliphatic rings. The van der Waals surface area contributed by atoms with E-state index in [1.165, 1.54) is 17.0 Å². The average molecular weight is 365 g/mol. The Morgan fingerprint density at radius 3 is 2.96 bits per heavy atom. The highest BCUT2D eigenvalue weighted by Gasteiger charge is 2.32. The van der Waals surface area contributed by atoms with Crippen molar-refractivity contribution in [3.05, 3.63) is 29.8 Å². The zero-order valence-electron chi connectivity index (χ0n) is 13.6. The Balaban J connectivity index is 1.72. The zero-order chi connectivity index (χ0) is 18.0. The smallest absolute Gasteiger partial charge is 0.414 e. The van der Waals surface area contributed by atoms with Crippen LogP contribution >= 0.6 is 12.2 Å². The van der Waals surface area contributed by atoms with Gasteiger partial charge in [0.25, 0.3) is 5.89 Å². The van der Waals surface area contributed by atoms with Crippen LogP contribution in [0.3, 0.4) is 0 Å². The number of thiocarbonyl (C=S) groups is 1. The Hall–Kier alpha value is -2.75. The van der Waals surface area contributed by atoms with Gasteiger partial charge < -0.3 is 19.9 Å². The molecule has 1 amide bonds. The molecule has 0 bridgehead atoms. The number of carbonyl (C=O) groups is 1. The number of aryl methyl sites for hydroxylation is 1. The van der Waals surface area contributed by atoms with Gasteiger partial charge >= 0.3 is 6.09 Å². The molecule has 2 aromatic rings. The number of halogens is 1. The van der Waals surface area contributed by atoms with Crippen LogP contribution in [0.4, 0.5) is 14.9 Å². The second kappa shape index (κ2) is 7.01. The van der Waals surface area contributed by atoms with E-state index in [0.29, 0.717) is 23.2 Å². The minimum atomic E-state index is -0.563. The number of rotatable bonds is 4. The normalized spacial score (nSPS) is 16.7. The van der Waals surface area contributed by atoms with Crippen LogP contribution < -0.4 is 15.5 Å². The van der Waals surface area contributed by atoms with Crippen LogP contribution in [0.1, 0.15) is 5.82 Å². The molecule has 2 N–H and O–H groups in total. The number of anilines is 1. The first-order valence-corrected chi connectivity index (χ1v) is 7.92. The topological polar surface area (TPSA) is 92.5 Å². The number of benzene rings is 1. The molecule has 132 valence electrons. The fourth-order valence-electron chi connectivity index (χ4n) is 2.39. The monoisotopic (exact) mass is 365 g/mol. The van der Waals surface area contributed by atoms with Gasteiger partial charge in [-0.3, -0.25) is 4.90 Å². The molecule has 0 aliphatic carbocycles. The fraction of sp³-hybridized carbons (Fsp3) is 0.333. The van der Waals surface area contributed by atoms with E-state index in [9.17, 15) is 9.18 Å². The Labute approximate surface area is 148 Å². The van der Waals surface area contributed by atoms with E-state index in [1.54, 1.807) is 20.0 Å². The summed E-state index contributed by atoms with van der Waals surface area (Å²) >= 11 is 4.98. The van der Waals surface area contributed by atoms with Gasteiger partial charge in [0, 0.05) is 7.05 Å². The third kappa shape index (κ3) is 3.68. The average Bonchev–Trinajstić information content (AvgIpc) is 3.18. The van der Waals surface area contributed by atoms with Crippen molar-refractivity contribution in [2.24, 2.45) is 0 Å². The number of aromatic nitrogens is 2. The van der Waals surface area contributed by atoms with Gasteiger partial charge in [0.15, 0.2) is 10.9 Å². The van der Waals surface area contributed by atoms with E-state index in [-0.39, 0.29) is 24.1 Å². The molecule has 25 heavy (non-hydrogen) atoms. The van der Waals surface area contributed by atoms with Crippen molar-refractivity contribution in [3.63, 3.8) is 0 Å². The molecule has 10 heteroatoms. The number of ether oxygens (including phenoxy) is 1. The summed E-state index contributed by atoms with van der Waals surface area (Å²) in [7, 11) is 1.69. The maximum absolute atomic E-state index is 14.4. The summed E-state index contributed by atoms with van der Waals surface area (Å²) in [5, 5.41) is 9.79. The van der Waals surface area contributed by atoms with Gasteiger partial charge in [0.2, 0.25) is 0 Å². The summed E-state index contributed by atoms with van der Waals surface area (Å²) in [4.78, 5) is 17.4. The molecule has 2 heterocycles. The fourth-order valence-corrected chi connectivity index (χ4v) is 2.47. The van der Waals surface area contributed by atoms with Crippen LogP contribution in [-0.2, 0) is 4.74 Å². The molecular weight excluding hydrogens is 349 g/mol. The van der Waals surface area contributed by atoms with Gasteiger partial charge in [0.05, 0.1) is 24.3 Å². The van der Waals surface area contributed by atoms with Crippen LogP contribution in [0.2, 0.25) is 0 Å². The zero-order valence-corrected chi connectivity index (χ0v) is 14.4. The van der Waals surface area contributed by atoms with E-state index in [1.807, 2.05) is 0 Å². The summed E-state index contributed by atoms with van der Waals surface area (Å²) in [5.74, 6) is -0.0588. The molecule has 1 atom stereocenters. The standard InChI is InChI=1S/C15H16FN5O3S/c1-8-19-13(24-20-8)11-4-3-9(5-12(11)16)21-7-10(23-15(21)22)6-18-14(25)17-2/h3-5,10H,6-7H2,1-2H3,(H2,17,18,25). The van der Waals surface area contributed by atoms with Gasteiger partial charge in [-0.15, -0.1) is 0 Å². The van der Waals surface area contributed by atoms with Crippen LogP contribution in [0.5, 0.6) is 0 Å². The summed E-state index contributed by atoms with van der Waals surface area (Å²) in [6, 6.07) is 4.34. The third-order valence-corrected chi connectivity index (χ3v) is 3.96. The van der Waals surface area contributed by atoms with Gasteiger partial charge in [0.1, 0.15) is 11.9 Å². The number of carbonyl (C=O) groups excluding carboxylic acids is 1. The van der Waals surface area contributed by atoms with Crippen LogP contribution in [0.15, 0.2) is 22.7 Å². The van der Waals surface area contributed by atoms with Crippen molar-refractivity contribution in [2.45, 2.75) is 13.0 Å². The molecule has 0 radical (unpaired) electrons. The minimum Gasteiger partial charge on any atom is -0.442 e. The number of nitrogens with one attached hydrogen (secondary N) is 2. The number of hydrogen-bond donors (Lipinski definition) is 2. The summed E-state index contributed by atoms with van der Waals surface area (Å²) < 4.78 is 24.6.